The number of rotatable bonds is 18. The number of ether oxygens (including phenoxy) is 16. The van der Waals surface area contributed by atoms with Gasteiger partial charge in [0.2, 0.25) is 0 Å². The lowest BCUT2D eigenvalue weighted by Gasteiger charge is -2.44. The number of Topliss-reactive ketones (excluding diaryl/α,β-unsaturated/α-hetero) is 2. The Labute approximate surface area is 627 Å². The van der Waals surface area contributed by atoms with Gasteiger partial charge in [-0.1, -0.05) is 63.6 Å². The van der Waals surface area contributed by atoms with Gasteiger partial charge in [0, 0.05) is 78.4 Å². The quantitative estimate of drug-likeness (QED) is 0.0919. The fraction of sp³-hybridized carbons (Fsp3) is 0.855. The maximum atomic E-state index is 14.7. The molecule has 6 aliphatic heterocycles. The Morgan fingerprint density at radius 1 is 0.429 bits per heavy atom. The maximum absolute atomic E-state index is 14.7. The molecule has 22 heteroatoms. The second kappa shape index (κ2) is 36.8. The van der Waals surface area contributed by atoms with Crippen LogP contribution in [0.2, 0.25) is 0 Å². The molecule has 12 aliphatic rings. The summed E-state index contributed by atoms with van der Waals surface area (Å²) in [7, 11) is 18.3. The predicted molar refractivity (Wildman–Crippen MR) is 393 cm³/mol. The summed E-state index contributed by atoms with van der Waals surface area (Å²) in [5.74, 6) is 0.0293. The van der Waals surface area contributed by atoms with Crippen LogP contribution in [0.5, 0.6) is 0 Å². The molecule has 105 heavy (non-hydrogen) atoms. The van der Waals surface area contributed by atoms with Gasteiger partial charge in [-0.2, -0.15) is 0 Å². The summed E-state index contributed by atoms with van der Waals surface area (Å²) in [5, 5.41) is 0. The van der Waals surface area contributed by atoms with Crippen LogP contribution in [-0.2, 0) is 95.0 Å². The molecule has 6 aliphatic carbocycles. The van der Waals surface area contributed by atoms with Crippen molar-refractivity contribution in [2.24, 2.45) is 71.0 Å². The fourth-order valence-electron chi connectivity index (χ4n) is 21.2. The van der Waals surface area contributed by atoms with Gasteiger partial charge in [-0.25, -0.2) is 0 Å². The van der Waals surface area contributed by atoms with Crippen molar-refractivity contribution in [3.8, 4) is 0 Å². The van der Waals surface area contributed by atoms with Crippen molar-refractivity contribution >= 4 is 23.5 Å². The molecule has 594 valence electrons. The minimum atomic E-state index is -0.598. The van der Waals surface area contributed by atoms with Crippen molar-refractivity contribution in [2.45, 2.75) is 313 Å². The summed E-state index contributed by atoms with van der Waals surface area (Å²) in [6.45, 7) is 18.6. The molecule has 0 aromatic rings. The van der Waals surface area contributed by atoms with E-state index in [1.807, 2.05) is 27.7 Å². The zero-order valence-electron chi connectivity index (χ0n) is 66.8. The summed E-state index contributed by atoms with van der Waals surface area (Å²) in [5.41, 5.74) is 2.84. The molecule has 0 radical (unpaired) electrons. The first-order valence-corrected chi connectivity index (χ1v) is 40.4. The van der Waals surface area contributed by atoms with Crippen LogP contribution in [-0.4, -0.2) is 239 Å². The molecule has 8 fully saturated rings. The zero-order chi connectivity index (χ0) is 75.4. The standard InChI is InChI=1S/C42H67NO10.C41H65NO10/c1-11-26-13-12-14-35(53-37-16-15-34(43(6)7)24(4)49-37)23(3)38(45)33-20-31-29(32(33)21-36(44)51-26)17-22(2)28-18-27(19-30(28)31)52-42-41(48-10)40(47-9)39(46-8)25(5)50-42;1-10-26-12-11-13-34(52-36-17-16-33(42(5)6)23(3)48-36)22(2)37(44)32-20-30-28(31(32)21-35(43)50-26)15-14-25-18-27(19-29(25)30)51-41-40(47-9)39(46-8)38(45-7)24(4)49-41/h17,20,23-32,34-35,37,39-42H,11-16,18-19,21H2,1-10H3;14-15,20,22-31,33-34,36,38-41H,10-13,16-19,21H2,1-9H3/t23-,24-,25+,26+,27-,28+,29-,30-,31-,32+,34+,35?,37+,39+,40-,41-,42+;22-,23-,24+,25-,26+,27-,28-,29-,30-,31+,33+,34?,36+,38+,39-,40-,41+/m11/s1. The number of likely N-dealkylation sites (N-methyl/N-ethyl adjacent to an activating group) is 2. The Balaban J connectivity index is 0.000000210. The minimum Gasteiger partial charge on any atom is -0.462 e. The van der Waals surface area contributed by atoms with Gasteiger partial charge in [0.1, 0.15) is 48.8 Å². The summed E-state index contributed by atoms with van der Waals surface area (Å²) < 4.78 is 99.3. The van der Waals surface area contributed by atoms with Crippen molar-refractivity contribution in [3.63, 3.8) is 0 Å². The number of esters is 2. The molecule has 0 aromatic heterocycles. The van der Waals surface area contributed by atoms with Gasteiger partial charge in [-0.05, 0) is 224 Å². The average Bonchev–Trinajstić information content (AvgIpc) is 1.59. The maximum Gasteiger partial charge on any atom is 0.306 e. The summed E-state index contributed by atoms with van der Waals surface area (Å²) in [4.78, 5) is 60.9. The van der Waals surface area contributed by atoms with Crippen molar-refractivity contribution in [1.29, 1.82) is 0 Å². The molecule has 34 atom stereocenters. The number of carbonyl (C=O) groups is 4. The third-order valence-corrected chi connectivity index (χ3v) is 26.9. The van der Waals surface area contributed by atoms with Crippen LogP contribution >= 0.6 is 0 Å². The number of hydrogen-bond donors (Lipinski definition) is 0. The fourth-order valence-corrected chi connectivity index (χ4v) is 21.2. The van der Waals surface area contributed by atoms with Crippen LogP contribution < -0.4 is 0 Å². The van der Waals surface area contributed by atoms with Crippen LogP contribution in [0.3, 0.4) is 0 Å². The van der Waals surface area contributed by atoms with Crippen LogP contribution in [0.4, 0.5) is 0 Å². The number of hydrogen-bond acceptors (Lipinski definition) is 22. The van der Waals surface area contributed by atoms with Crippen LogP contribution in [0, 0.1) is 71.0 Å². The highest BCUT2D eigenvalue weighted by Crippen LogP contribution is 2.58. The lowest BCUT2D eigenvalue weighted by atomic mass is 9.67. The van der Waals surface area contributed by atoms with E-state index in [1.165, 1.54) is 5.57 Å². The number of methoxy groups -OCH3 is 6. The summed E-state index contributed by atoms with van der Waals surface area (Å²) in [6, 6.07) is 0.676. The van der Waals surface area contributed by atoms with Crippen LogP contribution in [0.1, 0.15) is 178 Å². The Morgan fingerprint density at radius 3 is 1.29 bits per heavy atom. The molecule has 0 N–H and O–H groups in total. The van der Waals surface area contributed by atoms with Gasteiger partial charge in [0.25, 0.3) is 0 Å². The third kappa shape index (κ3) is 18.2. The molecule has 6 saturated heterocycles. The topological polar surface area (TPSA) is 222 Å². The van der Waals surface area contributed by atoms with Crippen molar-refractivity contribution < 1.29 is 95.0 Å². The molecule has 22 nitrogen and oxygen atoms in total. The number of allylic oxidation sites excluding steroid dienone is 8. The van der Waals surface area contributed by atoms with E-state index in [9.17, 15) is 19.2 Å². The highest BCUT2D eigenvalue weighted by atomic mass is 16.7. The van der Waals surface area contributed by atoms with Gasteiger partial charge in [0.05, 0.1) is 61.7 Å². The van der Waals surface area contributed by atoms with Gasteiger partial charge >= 0.3 is 11.9 Å². The highest BCUT2D eigenvalue weighted by Gasteiger charge is 2.56. The SMILES string of the molecule is CC[C@H]1CCCC(O[C@H]2CC[C@H](N(C)C)[C@@H](C)O2)[C@@H](C)C(=O)C2=C[C@@H]3[C@@H](C=C(C)[C@@H]4C[C@@H](O[C@@H]5O[C@@H](C)[C@H](OC)[C@@H](OC)[C@H]5OC)C[C@@H]34)[C@@H]2CC(=O)O1.CC[C@H]1CCCC(O[C@H]2CC[C@H](N(C)C)[C@@H](C)O2)[C@@H](C)C(=O)C2=C[C@@H]3[C@@H](C=C[C@@H]4C[C@@H](O[C@@H]5O[C@@H](C)[C@H](OC)[C@@H](OC)[C@H]5OC)C[C@@H]34)[C@@H]2CC(=O)O1. The molecule has 0 spiro atoms. The number of carbonyl (C=O) groups excluding carboxylic acids is 4. The first kappa shape index (κ1) is 82.6. The second-order valence-electron chi connectivity index (χ2n) is 33.5. The van der Waals surface area contributed by atoms with Gasteiger partial charge < -0.3 is 85.6 Å². The molecule has 2 saturated carbocycles. The molecule has 0 bridgehead atoms. The Bertz CT molecular complexity index is 3010. The highest BCUT2D eigenvalue weighted by molar-refractivity contribution is 6.00. The third-order valence-electron chi connectivity index (χ3n) is 26.9. The molecule has 0 amide bonds. The molecular weight excluding hydrogens is 1340 g/mol. The Hall–Kier alpha value is -3.40. The molecular formula is C83H132N2O20. The van der Waals surface area contributed by atoms with Gasteiger partial charge in [-0.3, -0.25) is 19.2 Å². The zero-order valence-corrected chi connectivity index (χ0v) is 66.8. The molecule has 0 aromatic carbocycles. The van der Waals surface area contributed by atoms with E-state index in [2.05, 4.69) is 103 Å². The first-order chi connectivity index (χ1) is 50.3. The normalized spacial score (nSPS) is 45.5. The van der Waals surface area contributed by atoms with Crippen molar-refractivity contribution in [3.05, 3.63) is 47.1 Å². The van der Waals surface area contributed by atoms with Gasteiger partial charge in [0.15, 0.2) is 36.7 Å². The smallest absolute Gasteiger partial charge is 0.306 e. The number of fused-ring (bicyclic) bond motifs is 10. The monoisotopic (exact) mass is 1480 g/mol. The average molecular weight is 1480 g/mol. The summed E-state index contributed by atoms with van der Waals surface area (Å²) >= 11 is 0. The van der Waals surface area contributed by atoms with Crippen LogP contribution in [0.15, 0.2) is 47.1 Å². The van der Waals surface area contributed by atoms with Crippen LogP contribution in [0.25, 0.3) is 0 Å². The molecule has 6 heterocycles. The largest absolute Gasteiger partial charge is 0.462 e. The van der Waals surface area contributed by atoms with Gasteiger partial charge in [-0.15, -0.1) is 0 Å². The van der Waals surface area contributed by atoms with E-state index in [-0.39, 0.29) is 194 Å². The lowest BCUT2D eigenvalue weighted by Crippen LogP contribution is -2.59. The number of cyclic esters (lactones) is 2. The Kier molecular flexibility index (Phi) is 29.0. The second-order valence-corrected chi connectivity index (χ2v) is 33.5. The Morgan fingerprint density at radius 2 is 0.857 bits per heavy atom. The van der Waals surface area contributed by atoms with E-state index < -0.39 is 24.8 Å². The summed E-state index contributed by atoms with van der Waals surface area (Å²) in [6.07, 6.45) is 19.4. The van der Waals surface area contributed by atoms with Crippen molar-refractivity contribution in [2.75, 3.05) is 70.8 Å². The van der Waals surface area contributed by atoms with E-state index in [0.717, 1.165) is 101 Å². The number of nitrogens with zero attached hydrogens (tertiary/aromatic N) is 2. The van der Waals surface area contributed by atoms with E-state index in [1.54, 1.807) is 42.7 Å². The molecule has 12 rings (SSSR count). The van der Waals surface area contributed by atoms with E-state index in [0.29, 0.717) is 36.8 Å². The minimum absolute atomic E-state index is 0.0364. The lowest BCUT2D eigenvalue weighted by molar-refractivity contribution is -0.314. The predicted octanol–water partition coefficient (Wildman–Crippen LogP) is 11.4. The number of ketones is 2. The first-order valence-electron chi connectivity index (χ1n) is 40.4. The molecule has 2 unspecified atom stereocenters. The van der Waals surface area contributed by atoms with E-state index in [4.69, 9.17) is 75.8 Å². The van der Waals surface area contributed by atoms with Crippen molar-refractivity contribution in [1.82, 2.24) is 9.80 Å². The van der Waals surface area contributed by atoms with E-state index >= 15 is 0 Å².